The smallest absolute Gasteiger partial charge is 0.160 e. The van der Waals surface area contributed by atoms with Crippen molar-refractivity contribution in [3.05, 3.63) is 267 Å². The largest absolute Gasteiger partial charge is 0.309 e. The zero-order valence-corrected chi connectivity index (χ0v) is 41.1. The Bertz CT molecular complexity index is 4890. The van der Waals surface area contributed by atoms with Crippen molar-refractivity contribution in [1.29, 1.82) is 0 Å². The van der Waals surface area contributed by atoms with Crippen LogP contribution < -0.4 is 0 Å². The molecular weight excluding hydrogens is 925 g/mol. The van der Waals surface area contributed by atoms with Gasteiger partial charge in [-0.25, -0.2) is 9.97 Å². The van der Waals surface area contributed by atoms with Crippen molar-refractivity contribution in [3.63, 3.8) is 0 Å². The Morgan fingerprint density at radius 1 is 0.237 bits per heavy atom. The summed E-state index contributed by atoms with van der Waals surface area (Å²) < 4.78 is 9.85. The maximum atomic E-state index is 5.46. The zero-order chi connectivity index (χ0) is 49.8. The molecule has 6 heteroatoms. The monoisotopic (exact) mass is 968 g/mol. The molecular formula is C70H44N6. The molecule has 0 saturated heterocycles. The van der Waals surface area contributed by atoms with E-state index >= 15 is 0 Å². The first-order chi connectivity index (χ1) is 37.7. The van der Waals surface area contributed by atoms with Crippen molar-refractivity contribution in [2.45, 2.75) is 0 Å². The van der Waals surface area contributed by atoms with Crippen LogP contribution in [0.1, 0.15) is 0 Å². The molecule has 76 heavy (non-hydrogen) atoms. The van der Waals surface area contributed by atoms with Crippen LogP contribution in [0.3, 0.4) is 0 Å². The second-order valence-electron chi connectivity index (χ2n) is 19.7. The highest BCUT2D eigenvalue weighted by atomic mass is 15.0. The van der Waals surface area contributed by atoms with Gasteiger partial charge in [0, 0.05) is 82.5 Å². The van der Waals surface area contributed by atoms with E-state index in [2.05, 4.69) is 279 Å². The lowest BCUT2D eigenvalue weighted by molar-refractivity contribution is 1.17. The summed E-state index contributed by atoms with van der Waals surface area (Å²) in [6.07, 6.45) is 0. The van der Waals surface area contributed by atoms with Gasteiger partial charge in [0.2, 0.25) is 0 Å². The summed E-state index contributed by atoms with van der Waals surface area (Å²) in [5.74, 6) is 0.684. The first kappa shape index (κ1) is 42.2. The summed E-state index contributed by atoms with van der Waals surface area (Å²) in [4.78, 5) is 10.7. The van der Waals surface area contributed by atoms with Crippen LogP contribution in [0.4, 0.5) is 0 Å². The van der Waals surface area contributed by atoms with E-state index in [-0.39, 0.29) is 0 Å². The molecule has 5 aromatic heterocycles. The van der Waals surface area contributed by atoms with Crippen LogP contribution in [0, 0.1) is 0 Å². The fourth-order valence-electron chi connectivity index (χ4n) is 12.4. The fraction of sp³-hybridized carbons (Fsp3) is 0. The van der Waals surface area contributed by atoms with Gasteiger partial charge in [0.15, 0.2) is 5.82 Å². The van der Waals surface area contributed by atoms with E-state index < -0.39 is 0 Å². The summed E-state index contributed by atoms with van der Waals surface area (Å²) in [7, 11) is 0. The van der Waals surface area contributed by atoms with Gasteiger partial charge in [-0.3, -0.25) is 0 Å². The van der Waals surface area contributed by atoms with E-state index in [0.717, 1.165) is 83.7 Å². The van der Waals surface area contributed by atoms with Gasteiger partial charge in [-0.05, 0) is 91.0 Å². The molecule has 16 rings (SSSR count). The highest BCUT2D eigenvalue weighted by Crippen LogP contribution is 2.47. The highest BCUT2D eigenvalue weighted by molar-refractivity contribution is 6.30. The van der Waals surface area contributed by atoms with E-state index in [0.29, 0.717) is 5.82 Å². The molecule has 0 atom stereocenters. The van der Waals surface area contributed by atoms with Gasteiger partial charge >= 0.3 is 0 Å². The molecule has 6 nitrogen and oxygen atoms in total. The first-order valence-electron chi connectivity index (χ1n) is 25.9. The molecule has 0 amide bonds. The number of rotatable bonds is 7. The minimum atomic E-state index is 0.684. The molecule has 354 valence electrons. The Labute approximate surface area is 436 Å². The molecule has 0 fully saturated rings. The van der Waals surface area contributed by atoms with Crippen molar-refractivity contribution >= 4 is 87.2 Å². The molecule has 0 N–H and O–H groups in total. The molecule has 5 heterocycles. The lowest BCUT2D eigenvalue weighted by atomic mass is 10.00. The molecule has 0 unspecified atom stereocenters. The number of fused-ring (bicyclic) bond motifs is 14. The molecule has 0 bridgehead atoms. The number of para-hydroxylation sites is 5. The lowest BCUT2D eigenvalue weighted by Gasteiger charge is -2.12. The topological polar surface area (TPSA) is 45.5 Å². The Morgan fingerprint density at radius 2 is 0.684 bits per heavy atom. The van der Waals surface area contributed by atoms with Crippen LogP contribution in [-0.2, 0) is 0 Å². The minimum absolute atomic E-state index is 0.684. The third kappa shape index (κ3) is 6.22. The SMILES string of the molecule is c1ccc(-c2cc(-c3cccc4c3c3c(ccc5c6cc(-n7c8ccccc8c8ccc9c(c%10ccccc%10n9-c9ccccc9)c87)ccc6n(-c6ccccc6)c53)n4-c3ccccc3)nc(-c3ccccc3)n2)cc1. The summed E-state index contributed by atoms with van der Waals surface area (Å²) in [5, 5.41) is 9.52. The van der Waals surface area contributed by atoms with E-state index in [1.807, 2.05) is 6.07 Å². The average molecular weight is 969 g/mol. The molecule has 0 radical (unpaired) electrons. The quantitative estimate of drug-likeness (QED) is 0.160. The van der Waals surface area contributed by atoms with Crippen LogP contribution >= 0.6 is 0 Å². The van der Waals surface area contributed by atoms with Crippen LogP contribution in [0.15, 0.2) is 267 Å². The predicted molar refractivity (Wildman–Crippen MR) is 316 cm³/mol. The summed E-state index contributed by atoms with van der Waals surface area (Å²) in [6, 6.07) is 96.2. The number of benzene rings is 11. The molecule has 0 spiro atoms. The van der Waals surface area contributed by atoms with E-state index in [1.54, 1.807) is 0 Å². The van der Waals surface area contributed by atoms with E-state index in [4.69, 9.17) is 9.97 Å². The average Bonchev–Trinajstić information content (AvgIpc) is 4.36. The molecule has 0 aliphatic heterocycles. The number of aromatic nitrogens is 6. The molecule has 0 saturated carbocycles. The van der Waals surface area contributed by atoms with Gasteiger partial charge in [-0.2, -0.15) is 0 Å². The normalized spacial score (nSPS) is 11.9. The third-order valence-corrected chi connectivity index (χ3v) is 15.5. The van der Waals surface area contributed by atoms with E-state index in [1.165, 1.54) is 54.4 Å². The van der Waals surface area contributed by atoms with Crippen molar-refractivity contribution in [2.24, 2.45) is 0 Å². The zero-order valence-electron chi connectivity index (χ0n) is 41.1. The van der Waals surface area contributed by atoms with Crippen molar-refractivity contribution in [3.8, 4) is 56.7 Å². The Morgan fingerprint density at radius 3 is 1.36 bits per heavy atom. The summed E-state index contributed by atoms with van der Waals surface area (Å²) >= 11 is 0. The van der Waals surface area contributed by atoms with Gasteiger partial charge in [-0.1, -0.05) is 176 Å². The van der Waals surface area contributed by atoms with Gasteiger partial charge in [0.25, 0.3) is 0 Å². The number of nitrogens with zero attached hydrogens (tertiary/aromatic N) is 6. The highest BCUT2D eigenvalue weighted by Gasteiger charge is 2.26. The van der Waals surface area contributed by atoms with Crippen molar-refractivity contribution in [1.82, 2.24) is 28.2 Å². The summed E-state index contributed by atoms with van der Waals surface area (Å²) in [5.41, 5.74) is 18.4. The van der Waals surface area contributed by atoms with Gasteiger partial charge in [-0.15, -0.1) is 0 Å². The van der Waals surface area contributed by atoms with Crippen LogP contribution in [0.2, 0.25) is 0 Å². The lowest BCUT2D eigenvalue weighted by Crippen LogP contribution is -1.97. The molecule has 16 aromatic rings. The standard InChI is InChI=1S/C70H44N6/c1-6-21-45(22-7-1)57-44-58(72-70(71-57)46-23-8-2-9-24-46)54-33-20-36-62-65(54)67-64(74(62)48-27-12-4-13-28-48)42-39-53-56-43-50(37-40-61(56)75(69(53)67)49-29-14-5-15-30-49)76-59-34-18-16-31-51(59)52-38-41-63-66(68(52)76)55-32-17-19-35-60(55)73(63)47-25-10-3-11-26-47/h1-44H. The number of hydrogen-bond donors (Lipinski definition) is 0. The van der Waals surface area contributed by atoms with Crippen LogP contribution in [-0.4, -0.2) is 28.2 Å². The predicted octanol–water partition coefficient (Wildman–Crippen LogP) is 17.9. The van der Waals surface area contributed by atoms with Crippen molar-refractivity contribution < 1.29 is 0 Å². The van der Waals surface area contributed by atoms with E-state index in [9.17, 15) is 0 Å². The molecule has 11 aromatic carbocycles. The first-order valence-corrected chi connectivity index (χ1v) is 25.9. The Balaban J connectivity index is 1.04. The van der Waals surface area contributed by atoms with Crippen LogP contribution in [0.5, 0.6) is 0 Å². The number of hydrogen-bond acceptors (Lipinski definition) is 2. The molecule has 0 aliphatic rings. The third-order valence-electron chi connectivity index (χ3n) is 15.5. The second-order valence-corrected chi connectivity index (χ2v) is 19.7. The maximum Gasteiger partial charge on any atom is 0.160 e. The fourth-order valence-corrected chi connectivity index (χ4v) is 12.4. The van der Waals surface area contributed by atoms with Gasteiger partial charge in [0.1, 0.15) is 0 Å². The van der Waals surface area contributed by atoms with Gasteiger partial charge in [0.05, 0.1) is 55.5 Å². The Hall–Kier alpha value is -10.3. The van der Waals surface area contributed by atoms with Gasteiger partial charge < -0.3 is 18.3 Å². The minimum Gasteiger partial charge on any atom is -0.309 e. The molecule has 0 aliphatic carbocycles. The second kappa shape index (κ2) is 16.6. The van der Waals surface area contributed by atoms with Crippen molar-refractivity contribution in [2.75, 3.05) is 0 Å². The maximum absolute atomic E-state index is 5.46. The van der Waals surface area contributed by atoms with Crippen LogP contribution in [0.25, 0.3) is 144 Å². The summed E-state index contributed by atoms with van der Waals surface area (Å²) in [6.45, 7) is 0. The Kier molecular flexibility index (Phi) is 9.23.